The summed E-state index contributed by atoms with van der Waals surface area (Å²) < 4.78 is 54.4. The highest BCUT2D eigenvalue weighted by Gasteiger charge is 2.33. The molecule has 0 fully saturated rings. The zero-order valence-corrected chi connectivity index (χ0v) is 56.0. The summed E-state index contributed by atoms with van der Waals surface area (Å²) in [4.78, 5) is 0. The summed E-state index contributed by atoms with van der Waals surface area (Å²) in [5.74, 6) is 0.891. The van der Waals surface area contributed by atoms with Gasteiger partial charge in [-0.05, 0) is 229 Å². The van der Waals surface area contributed by atoms with Gasteiger partial charge in [-0.15, -0.1) is 0 Å². The number of benzene rings is 9. The van der Waals surface area contributed by atoms with Gasteiger partial charge in [0, 0.05) is 10.0 Å². The molecule has 9 rings (SSSR count). The van der Waals surface area contributed by atoms with Gasteiger partial charge in [-0.25, -0.2) is 4.39 Å². The van der Waals surface area contributed by atoms with Crippen molar-refractivity contribution >= 4 is 58.0 Å². The normalized spacial score (nSPS) is 8.84. The summed E-state index contributed by atoms with van der Waals surface area (Å²) in [5, 5.41) is 2.68. The van der Waals surface area contributed by atoms with E-state index in [4.69, 9.17) is 62.7 Å². The molecule has 0 saturated heterocycles. The standard InChI is InChI=1S/C10H14O.C9H12.C8H6ClF3.2C8H9Cl.C8H9F.2C8H10.C7H6Cl2.10CH4/c1-4-11-10-7-8(2)5-6-9(10)3;1-7-4-5-8(2)9(3)6-7;1-5-2-3-7(9)6(4-5)8(10,11)12;1-6-3-4-8(9)7(2)5-6;2*1-6-3-4-7(2)8(9)5-6;2*1-7-3-5-8(2)6-4-7;1-5-2-3-6(8)7(9)4-5;;;;;;;;;;/h5-7H,4H2,1-3H3;4-6H,1-3H3;2-4H,1H3;3*3-5H,1-2H3;2*3-6H,1-2H3;2-4H,1H3;10*1H4. The molecular weight excluding hydrogens is 1280 g/mol. The van der Waals surface area contributed by atoms with Gasteiger partial charge in [0.05, 0.1) is 27.2 Å². The van der Waals surface area contributed by atoms with E-state index in [0.29, 0.717) is 21.2 Å². The minimum Gasteiger partial charge on any atom is -0.494 e. The summed E-state index contributed by atoms with van der Waals surface area (Å²) in [6, 6.07) is 56.4. The molecule has 0 aromatic heterocycles. The van der Waals surface area contributed by atoms with Gasteiger partial charge < -0.3 is 4.74 Å². The Bertz CT molecular complexity index is 3000. The SMILES string of the molecule is C.C.C.C.C.C.C.C.C.C.CCOc1cc(C)ccc1C.Cc1ccc(C)c(C)c1.Cc1ccc(C)c(Cl)c1.Cc1ccc(C)c(F)c1.Cc1ccc(C)cc1.Cc1ccc(C)cc1.Cc1ccc(Cl)c(C(F)(F)F)c1.Cc1ccc(Cl)c(C)c1.Cc1ccc(Cl)c(Cl)c1. The molecule has 0 atom stereocenters. The minimum absolute atomic E-state index is 0. The number of halogens is 9. The summed E-state index contributed by atoms with van der Waals surface area (Å²) in [6.45, 7) is 37.0. The van der Waals surface area contributed by atoms with Gasteiger partial charge in [0.25, 0.3) is 0 Å². The fourth-order valence-electron chi connectivity index (χ4n) is 6.83. The molecule has 0 aliphatic carbocycles. The van der Waals surface area contributed by atoms with E-state index < -0.39 is 11.7 Å². The second-order valence-electron chi connectivity index (χ2n) is 20.8. The van der Waals surface area contributed by atoms with Gasteiger partial charge in [0.15, 0.2) is 0 Å². The molecule has 0 radical (unpaired) electrons. The van der Waals surface area contributed by atoms with Crippen LogP contribution in [-0.2, 0) is 6.18 Å². The van der Waals surface area contributed by atoms with Gasteiger partial charge in [-0.2, -0.15) is 13.2 Å². The van der Waals surface area contributed by atoms with Crippen LogP contribution in [0.5, 0.6) is 5.75 Å². The summed E-state index contributed by atoms with van der Waals surface area (Å²) in [5.41, 5.74) is 19.2. The van der Waals surface area contributed by atoms with Crippen molar-refractivity contribution in [2.45, 2.75) is 205 Å². The Labute approximate surface area is 600 Å². The van der Waals surface area contributed by atoms with Crippen LogP contribution in [0.25, 0.3) is 0 Å². The highest BCUT2D eigenvalue weighted by Crippen LogP contribution is 2.35. The lowest BCUT2D eigenvalue weighted by atomic mass is 10.1. The van der Waals surface area contributed by atoms with Gasteiger partial charge in [-0.1, -0.05) is 299 Å². The Morgan fingerprint density at radius 2 is 0.553 bits per heavy atom. The van der Waals surface area contributed by atoms with Crippen LogP contribution < -0.4 is 4.74 Å². The lowest BCUT2D eigenvalue weighted by molar-refractivity contribution is -0.137. The van der Waals surface area contributed by atoms with E-state index in [1.807, 2.05) is 84.0 Å². The topological polar surface area (TPSA) is 9.23 Å². The molecule has 530 valence electrons. The van der Waals surface area contributed by atoms with E-state index in [1.54, 1.807) is 26.0 Å². The molecule has 9 aromatic rings. The van der Waals surface area contributed by atoms with E-state index in [1.165, 1.54) is 79.4 Å². The molecular formula is C84H125Cl5F4O. The second kappa shape index (κ2) is 57.2. The summed E-state index contributed by atoms with van der Waals surface area (Å²) >= 11 is 28.3. The molecule has 9 aromatic carbocycles. The molecule has 0 unspecified atom stereocenters. The molecule has 0 aliphatic rings. The van der Waals surface area contributed by atoms with Crippen molar-refractivity contribution in [1.29, 1.82) is 0 Å². The van der Waals surface area contributed by atoms with Gasteiger partial charge in [-0.3, -0.25) is 0 Å². The van der Waals surface area contributed by atoms with Crippen LogP contribution in [-0.4, -0.2) is 6.61 Å². The highest BCUT2D eigenvalue weighted by molar-refractivity contribution is 6.42. The molecule has 0 aliphatic heterocycles. The van der Waals surface area contributed by atoms with Crippen LogP contribution in [0.2, 0.25) is 25.1 Å². The monoisotopic (exact) mass is 1400 g/mol. The maximum Gasteiger partial charge on any atom is 0.417 e. The lowest BCUT2D eigenvalue weighted by Gasteiger charge is -2.08. The molecule has 0 amide bonds. The third-order valence-electron chi connectivity index (χ3n) is 12.2. The largest absolute Gasteiger partial charge is 0.494 e. The molecule has 94 heavy (non-hydrogen) atoms. The number of alkyl halides is 3. The molecule has 10 heteroatoms. The molecule has 0 bridgehead atoms. The Kier molecular flexibility index (Phi) is 66.6. The predicted molar refractivity (Wildman–Crippen MR) is 427 cm³/mol. The number of rotatable bonds is 2. The Hall–Kier alpha value is -6.05. The zero-order chi connectivity index (χ0) is 63.9. The van der Waals surface area contributed by atoms with Crippen LogP contribution in [0.15, 0.2) is 176 Å². The van der Waals surface area contributed by atoms with Crippen molar-refractivity contribution in [3.63, 3.8) is 0 Å². The van der Waals surface area contributed by atoms with Gasteiger partial charge >= 0.3 is 6.18 Å². The highest BCUT2D eigenvalue weighted by atomic mass is 35.5. The molecule has 1 nitrogen and oxygen atoms in total. The van der Waals surface area contributed by atoms with E-state index >= 15 is 0 Å². The quantitative estimate of drug-likeness (QED) is 0.157. The van der Waals surface area contributed by atoms with Crippen molar-refractivity contribution in [2.75, 3.05) is 6.61 Å². The van der Waals surface area contributed by atoms with Crippen molar-refractivity contribution in [3.8, 4) is 5.75 Å². The average molecular weight is 1400 g/mol. The van der Waals surface area contributed by atoms with Crippen molar-refractivity contribution in [3.05, 3.63) is 307 Å². The predicted octanol–water partition coefficient (Wildman–Crippen LogP) is 31.6. The van der Waals surface area contributed by atoms with Crippen LogP contribution in [0, 0.1) is 124 Å². The van der Waals surface area contributed by atoms with E-state index in [0.717, 1.165) is 50.7 Å². The number of hydrogen-bond acceptors (Lipinski definition) is 1. The zero-order valence-electron chi connectivity index (χ0n) is 52.3. The fourth-order valence-corrected chi connectivity index (χ4v) is 7.76. The molecule has 0 N–H and O–H groups in total. The molecule has 0 spiro atoms. The van der Waals surface area contributed by atoms with Crippen LogP contribution in [0.3, 0.4) is 0 Å². The first-order valence-electron chi connectivity index (χ1n) is 27.5. The fraction of sp³-hybridized carbons (Fsp3) is 0.357. The first-order chi connectivity index (χ1) is 39.2. The van der Waals surface area contributed by atoms with E-state index in [-0.39, 0.29) is 85.1 Å². The second-order valence-corrected chi connectivity index (χ2v) is 22.8. The van der Waals surface area contributed by atoms with E-state index in [9.17, 15) is 17.6 Å². The third kappa shape index (κ3) is 47.8. The van der Waals surface area contributed by atoms with Crippen LogP contribution in [0.4, 0.5) is 17.6 Å². The average Bonchev–Trinajstić information content (AvgIpc) is 0.844. The number of hydrogen-bond donors (Lipinski definition) is 0. The summed E-state index contributed by atoms with van der Waals surface area (Å²) in [6.07, 6.45) is -4.36. The number of aryl methyl sites for hydroxylation is 17. The molecule has 0 heterocycles. The summed E-state index contributed by atoms with van der Waals surface area (Å²) in [7, 11) is 0. The third-order valence-corrected chi connectivity index (χ3v) is 14.1. The smallest absolute Gasteiger partial charge is 0.417 e. The van der Waals surface area contributed by atoms with Crippen molar-refractivity contribution in [2.24, 2.45) is 0 Å². The van der Waals surface area contributed by atoms with Crippen molar-refractivity contribution < 1.29 is 22.3 Å². The first kappa shape index (κ1) is 109. The van der Waals surface area contributed by atoms with Crippen LogP contribution >= 0.6 is 58.0 Å². The van der Waals surface area contributed by atoms with Gasteiger partial charge in [0.2, 0.25) is 0 Å². The molecule has 0 saturated carbocycles. The minimum atomic E-state index is -4.36. The lowest BCUT2D eigenvalue weighted by Crippen LogP contribution is -2.05. The Morgan fingerprint density at radius 3 is 0.840 bits per heavy atom. The van der Waals surface area contributed by atoms with Crippen LogP contribution in [0.1, 0.15) is 181 Å². The maximum atomic E-state index is 12.6. The first-order valence-corrected chi connectivity index (χ1v) is 29.3. The number of ether oxygens (including phenoxy) is 1. The Morgan fingerprint density at radius 1 is 0.266 bits per heavy atom. The maximum absolute atomic E-state index is 12.6. The Balaban J connectivity index is -0.000000104. The van der Waals surface area contributed by atoms with Crippen molar-refractivity contribution in [1.82, 2.24) is 0 Å². The van der Waals surface area contributed by atoms with Gasteiger partial charge in [0.1, 0.15) is 11.6 Å². The van der Waals surface area contributed by atoms with E-state index in [2.05, 4.69) is 166 Å².